The highest BCUT2D eigenvalue weighted by molar-refractivity contribution is 7.80. The molecule has 0 bridgehead atoms. The van der Waals surface area contributed by atoms with Gasteiger partial charge >= 0.3 is 0 Å². The molecule has 5 heteroatoms. The number of methoxy groups -OCH3 is 2. The number of benzene rings is 1. The van der Waals surface area contributed by atoms with Crippen LogP contribution in [0, 0.1) is 0 Å². The van der Waals surface area contributed by atoms with Gasteiger partial charge in [-0.15, -0.1) is 0 Å². The molecule has 0 aromatic heterocycles. The van der Waals surface area contributed by atoms with Gasteiger partial charge in [0.05, 0.1) is 32.5 Å². The van der Waals surface area contributed by atoms with Crippen molar-refractivity contribution < 1.29 is 14.2 Å². The standard InChI is InChI=1S/C12H17NO3S/c1-14-5-6-16-8-9-3-4-11(15-2)10(7-9)12(13)17/h3-4,7H,5-6,8H2,1-2H3,(H2,13,17). The Morgan fingerprint density at radius 3 is 2.65 bits per heavy atom. The predicted molar refractivity (Wildman–Crippen MR) is 70.4 cm³/mol. The second-order valence-corrected chi connectivity index (χ2v) is 3.88. The third-order valence-electron chi connectivity index (χ3n) is 2.23. The molecule has 0 radical (unpaired) electrons. The summed E-state index contributed by atoms with van der Waals surface area (Å²) in [7, 11) is 3.23. The first kappa shape index (κ1) is 13.9. The molecule has 0 aliphatic heterocycles. The van der Waals surface area contributed by atoms with Crippen molar-refractivity contribution in [2.24, 2.45) is 5.73 Å². The van der Waals surface area contributed by atoms with Crippen LogP contribution in [0.15, 0.2) is 18.2 Å². The Kier molecular flexibility index (Phi) is 5.90. The van der Waals surface area contributed by atoms with E-state index in [0.717, 1.165) is 11.1 Å². The van der Waals surface area contributed by atoms with Gasteiger partial charge in [0.15, 0.2) is 0 Å². The Morgan fingerprint density at radius 2 is 2.06 bits per heavy atom. The van der Waals surface area contributed by atoms with Gasteiger partial charge in [-0.3, -0.25) is 0 Å². The SMILES string of the molecule is COCCOCc1ccc(OC)c(C(N)=S)c1. The van der Waals surface area contributed by atoms with Gasteiger partial charge in [0.1, 0.15) is 10.7 Å². The van der Waals surface area contributed by atoms with Crippen molar-refractivity contribution in [3.8, 4) is 5.75 Å². The van der Waals surface area contributed by atoms with Crippen LogP contribution in [0.3, 0.4) is 0 Å². The lowest BCUT2D eigenvalue weighted by Gasteiger charge is -2.10. The molecule has 0 unspecified atom stereocenters. The summed E-state index contributed by atoms with van der Waals surface area (Å²) in [6.45, 7) is 1.65. The van der Waals surface area contributed by atoms with E-state index in [2.05, 4.69) is 0 Å². The molecular weight excluding hydrogens is 238 g/mol. The summed E-state index contributed by atoms with van der Waals surface area (Å²) in [6, 6.07) is 5.64. The van der Waals surface area contributed by atoms with E-state index >= 15 is 0 Å². The summed E-state index contributed by atoms with van der Waals surface area (Å²) in [5.41, 5.74) is 7.36. The average Bonchev–Trinajstić information content (AvgIpc) is 2.34. The van der Waals surface area contributed by atoms with Gasteiger partial charge in [-0.2, -0.15) is 0 Å². The quantitative estimate of drug-likeness (QED) is 0.591. The fourth-order valence-corrected chi connectivity index (χ4v) is 1.53. The monoisotopic (exact) mass is 255 g/mol. The predicted octanol–water partition coefficient (Wildman–Crippen LogP) is 1.49. The van der Waals surface area contributed by atoms with Crippen LogP contribution in [-0.2, 0) is 16.1 Å². The lowest BCUT2D eigenvalue weighted by molar-refractivity contribution is 0.0616. The lowest BCUT2D eigenvalue weighted by Crippen LogP contribution is -2.12. The smallest absolute Gasteiger partial charge is 0.129 e. The number of nitrogens with two attached hydrogens (primary N) is 1. The maximum absolute atomic E-state index is 5.63. The molecule has 0 atom stereocenters. The van der Waals surface area contributed by atoms with Gasteiger partial charge in [0.2, 0.25) is 0 Å². The second-order valence-electron chi connectivity index (χ2n) is 3.44. The molecule has 0 saturated carbocycles. The Morgan fingerprint density at radius 1 is 1.29 bits per heavy atom. The van der Waals surface area contributed by atoms with Crippen molar-refractivity contribution in [2.45, 2.75) is 6.61 Å². The number of hydrogen-bond acceptors (Lipinski definition) is 4. The summed E-state index contributed by atoms with van der Waals surface area (Å²) < 4.78 is 15.5. The summed E-state index contributed by atoms with van der Waals surface area (Å²) in [5.74, 6) is 0.679. The molecule has 1 aromatic carbocycles. The largest absolute Gasteiger partial charge is 0.496 e. The Bertz CT molecular complexity index is 382. The van der Waals surface area contributed by atoms with Crippen LogP contribution in [0.25, 0.3) is 0 Å². The highest BCUT2D eigenvalue weighted by Crippen LogP contribution is 2.20. The van der Waals surface area contributed by atoms with E-state index in [9.17, 15) is 0 Å². The average molecular weight is 255 g/mol. The maximum Gasteiger partial charge on any atom is 0.129 e. The molecule has 1 rings (SSSR count). The van der Waals surface area contributed by atoms with Crippen LogP contribution in [0.4, 0.5) is 0 Å². The summed E-state index contributed by atoms with van der Waals surface area (Å²) in [6.07, 6.45) is 0. The molecule has 0 fully saturated rings. The first-order valence-corrected chi connectivity index (χ1v) is 5.63. The van der Waals surface area contributed by atoms with E-state index in [-0.39, 0.29) is 0 Å². The number of thiocarbonyl (C=S) groups is 1. The first-order valence-electron chi connectivity index (χ1n) is 5.22. The number of ether oxygens (including phenoxy) is 3. The highest BCUT2D eigenvalue weighted by atomic mass is 32.1. The summed E-state index contributed by atoms with van der Waals surface area (Å²) in [4.78, 5) is 0.320. The third kappa shape index (κ3) is 4.30. The van der Waals surface area contributed by atoms with Gasteiger partial charge in [0.25, 0.3) is 0 Å². The van der Waals surface area contributed by atoms with Crippen LogP contribution in [0.2, 0.25) is 0 Å². The van der Waals surface area contributed by atoms with Gasteiger partial charge in [-0.25, -0.2) is 0 Å². The molecule has 0 saturated heterocycles. The van der Waals surface area contributed by atoms with E-state index in [1.807, 2.05) is 18.2 Å². The van der Waals surface area contributed by atoms with Gasteiger partial charge in [0, 0.05) is 7.11 Å². The molecule has 0 spiro atoms. The zero-order valence-electron chi connectivity index (χ0n) is 10.1. The molecule has 4 nitrogen and oxygen atoms in total. The van der Waals surface area contributed by atoms with Crippen molar-refractivity contribution in [3.05, 3.63) is 29.3 Å². The third-order valence-corrected chi connectivity index (χ3v) is 2.45. The molecule has 0 aliphatic carbocycles. The highest BCUT2D eigenvalue weighted by Gasteiger charge is 2.06. The van der Waals surface area contributed by atoms with Crippen LogP contribution in [0.5, 0.6) is 5.75 Å². The minimum atomic E-state index is 0.320. The minimum Gasteiger partial charge on any atom is -0.496 e. The second kappa shape index (κ2) is 7.21. The molecule has 2 N–H and O–H groups in total. The van der Waals surface area contributed by atoms with E-state index in [1.54, 1.807) is 14.2 Å². The van der Waals surface area contributed by atoms with Crippen molar-refractivity contribution in [1.82, 2.24) is 0 Å². The molecule has 0 amide bonds. The van der Waals surface area contributed by atoms with Crippen molar-refractivity contribution in [1.29, 1.82) is 0 Å². The lowest BCUT2D eigenvalue weighted by atomic mass is 10.1. The summed E-state index contributed by atoms with van der Waals surface area (Å²) >= 11 is 4.97. The van der Waals surface area contributed by atoms with E-state index in [1.165, 1.54) is 0 Å². The fourth-order valence-electron chi connectivity index (χ4n) is 1.37. The molecule has 0 aliphatic rings. The number of hydrogen-bond donors (Lipinski definition) is 1. The Labute approximate surface area is 107 Å². The van der Waals surface area contributed by atoms with Crippen LogP contribution in [-0.4, -0.2) is 32.4 Å². The normalized spacial score (nSPS) is 10.2. The molecule has 1 aromatic rings. The van der Waals surface area contributed by atoms with E-state index in [0.29, 0.717) is 30.6 Å². The van der Waals surface area contributed by atoms with Crippen LogP contribution >= 0.6 is 12.2 Å². The topological polar surface area (TPSA) is 53.7 Å². The minimum absolute atomic E-state index is 0.320. The zero-order valence-corrected chi connectivity index (χ0v) is 10.9. The fraction of sp³-hybridized carbons (Fsp3) is 0.417. The maximum atomic E-state index is 5.63. The Balaban J connectivity index is 2.68. The molecule has 94 valence electrons. The Hall–Kier alpha value is -1.17. The number of rotatable bonds is 7. The first-order chi connectivity index (χ1) is 8.19. The summed E-state index contributed by atoms with van der Waals surface area (Å²) in [5, 5.41) is 0. The molecule has 17 heavy (non-hydrogen) atoms. The van der Waals surface area contributed by atoms with Crippen molar-refractivity contribution in [2.75, 3.05) is 27.4 Å². The van der Waals surface area contributed by atoms with Crippen molar-refractivity contribution in [3.63, 3.8) is 0 Å². The van der Waals surface area contributed by atoms with Gasteiger partial charge in [-0.05, 0) is 17.7 Å². The van der Waals surface area contributed by atoms with E-state index < -0.39 is 0 Å². The zero-order chi connectivity index (χ0) is 12.7. The molecular formula is C12H17NO3S. The molecule has 0 heterocycles. The van der Waals surface area contributed by atoms with Crippen molar-refractivity contribution >= 4 is 17.2 Å². The van der Waals surface area contributed by atoms with Gasteiger partial charge < -0.3 is 19.9 Å². The van der Waals surface area contributed by atoms with Gasteiger partial charge in [-0.1, -0.05) is 18.3 Å². The van der Waals surface area contributed by atoms with Crippen LogP contribution < -0.4 is 10.5 Å². The van der Waals surface area contributed by atoms with Crippen LogP contribution in [0.1, 0.15) is 11.1 Å². The van der Waals surface area contributed by atoms with E-state index in [4.69, 9.17) is 32.2 Å².